The molecule has 2 aromatic rings. The summed E-state index contributed by atoms with van der Waals surface area (Å²) in [6, 6.07) is 6.19. The van der Waals surface area contributed by atoms with E-state index in [1.807, 2.05) is 19.1 Å². The molecule has 1 aromatic heterocycles. The lowest BCUT2D eigenvalue weighted by molar-refractivity contribution is -0.121. The minimum atomic E-state index is -0.713. The first-order chi connectivity index (χ1) is 15.9. The Kier molecular flexibility index (Phi) is 7.49. The van der Waals surface area contributed by atoms with Crippen molar-refractivity contribution in [3.63, 3.8) is 0 Å². The first kappa shape index (κ1) is 23.5. The summed E-state index contributed by atoms with van der Waals surface area (Å²) in [5.41, 5.74) is 3.50. The molecular formula is C24H29BrN4O4. The molecule has 3 heterocycles. The Bertz CT molecular complexity index is 1030. The van der Waals surface area contributed by atoms with Crippen LogP contribution in [0.4, 0.5) is 5.82 Å². The van der Waals surface area contributed by atoms with E-state index in [1.165, 1.54) is 12.5 Å². The second-order valence-corrected chi connectivity index (χ2v) is 9.16. The van der Waals surface area contributed by atoms with Gasteiger partial charge in [0.25, 0.3) is 6.29 Å². The fourth-order valence-corrected chi connectivity index (χ4v) is 4.54. The summed E-state index contributed by atoms with van der Waals surface area (Å²) in [6.45, 7) is 7.29. The Morgan fingerprint density at radius 1 is 1.18 bits per heavy atom. The number of halogens is 1. The molecule has 0 spiro atoms. The summed E-state index contributed by atoms with van der Waals surface area (Å²) in [7, 11) is 0. The number of anilines is 1. The fraction of sp³-hybridized carbons (Fsp3) is 0.458. The lowest BCUT2D eigenvalue weighted by Gasteiger charge is -2.25. The number of carbonyl (C=O) groups is 1. The van der Waals surface area contributed by atoms with E-state index in [9.17, 15) is 4.79 Å². The molecule has 1 aromatic carbocycles. The summed E-state index contributed by atoms with van der Waals surface area (Å²) in [5.74, 6) is 1.07. The maximum absolute atomic E-state index is 12.9. The van der Waals surface area contributed by atoms with Gasteiger partial charge in [0.1, 0.15) is 24.2 Å². The minimum Gasteiger partial charge on any atom is -0.455 e. The number of aryl methyl sites for hydroxylation is 1. The van der Waals surface area contributed by atoms with Gasteiger partial charge in [0, 0.05) is 23.7 Å². The predicted octanol–water partition coefficient (Wildman–Crippen LogP) is 4.38. The Balaban J connectivity index is 1.61. The molecule has 4 rings (SSSR count). The number of aromatic nitrogens is 2. The van der Waals surface area contributed by atoms with Crippen molar-refractivity contribution < 1.29 is 19.0 Å². The lowest BCUT2D eigenvalue weighted by Crippen LogP contribution is -2.40. The van der Waals surface area contributed by atoms with Gasteiger partial charge in [-0.05, 0) is 50.8 Å². The van der Waals surface area contributed by atoms with E-state index >= 15 is 0 Å². The molecule has 2 aliphatic heterocycles. The molecule has 1 amide bonds. The highest BCUT2D eigenvalue weighted by molar-refractivity contribution is 9.10. The zero-order valence-corrected chi connectivity index (χ0v) is 20.6. The summed E-state index contributed by atoms with van der Waals surface area (Å²) in [6.07, 6.45) is 4.00. The van der Waals surface area contributed by atoms with E-state index in [0.717, 1.165) is 28.4 Å². The smallest absolute Gasteiger partial charge is 0.271 e. The molecule has 0 radical (unpaired) electrons. The van der Waals surface area contributed by atoms with E-state index < -0.39 is 6.29 Å². The molecule has 2 N–H and O–H groups in total. The van der Waals surface area contributed by atoms with Crippen molar-refractivity contribution in [1.82, 2.24) is 15.3 Å². The first-order valence-corrected chi connectivity index (χ1v) is 11.9. The van der Waals surface area contributed by atoms with Crippen molar-refractivity contribution in [3.8, 4) is 0 Å². The number of carbonyl (C=O) groups excluding carboxylic acids is 1. The number of hydrogen-bond acceptors (Lipinski definition) is 7. The molecule has 2 aliphatic rings. The van der Waals surface area contributed by atoms with Crippen molar-refractivity contribution in [2.45, 2.75) is 58.4 Å². The number of rotatable bonds is 7. The molecule has 33 heavy (non-hydrogen) atoms. The van der Waals surface area contributed by atoms with Gasteiger partial charge < -0.3 is 24.8 Å². The van der Waals surface area contributed by atoms with Crippen LogP contribution in [0.1, 0.15) is 60.3 Å². The Labute approximate surface area is 202 Å². The van der Waals surface area contributed by atoms with Gasteiger partial charge in [-0.2, -0.15) is 0 Å². The molecule has 0 bridgehead atoms. The van der Waals surface area contributed by atoms with E-state index in [-0.39, 0.29) is 24.4 Å². The predicted molar refractivity (Wildman–Crippen MR) is 127 cm³/mol. The highest BCUT2D eigenvalue weighted by atomic mass is 79.9. The maximum atomic E-state index is 12.9. The molecule has 1 fully saturated rings. The van der Waals surface area contributed by atoms with Crippen LogP contribution in [-0.4, -0.2) is 35.1 Å². The average Bonchev–Trinajstić information content (AvgIpc) is 3.30. The Morgan fingerprint density at radius 3 is 2.64 bits per heavy atom. The molecule has 176 valence electrons. The molecular weight excluding hydrogens is 488 g/mol. The third kappa shape index (κ3) is 5.65. The van der Waals surface area contributed by atoms with Crippen molar-refractivity contribution >= 4 is 27.7 Å². The summed E-state index contributed by atoms with van der Waals surface area (Å²) < 4.78 is 17.7. The Hall–Kier alpha value is -2.65. The molecule has 8 nitrogen and oxygen atoms in total. The Morgan fingerprint density at radius 2 is 1.91 bits per heavy atom. The highest BCUT2D eigenvalue weighted by Crippen LogP contribution is 2.34. The topological polar surface area (TPSA) is 94.6 Å². The number of benzene rings is 1. The van der Waals surface area contributed by atoms with E-state index in [0.29, 0.717) is 36.1 Å². The minimum absolute atomic E-state index is 0.0474. The second-order valence-electron chi connectivity index (χ2n) is 8.31. The molecule has 0 unspecified atom stereocenters. The van der Waals surface area contributed by atoms with E-state index in [4.69, 9.17) is 14.2 Å². The first-order valence-electron chi connectivity index (χ1n) is 11.1. The van der Waals surface area contributed by atoms with Crippen LogP contribution in [0.3, 0.4) is 0 Å². The zero-order chi connectivity index (χ0) is 23.4. The highest BCUT2D eigenvalue weighted by Gasteiger charge is 2.29. The van der Waals surface area contributed by atoms with Crippen molar-refractivity contribution in [3.05, 3.63) is 63.4 Å². The standard InChI is InChI=1S/C24H29BrN4O4/c1-14-18(5-4-6-19(14)25)15(2)26-23-22(24-32-11-12-33-24)20(27-16(3)28-23)13-21(30)29-17-7-9-31-10-8-17/h4-6,11-12,15,17,24H,7-10,13H2,1-3H3,(H,29,30)(H,26,27,28)/t15-/m1/s1. The van der Waals surface area contributed by atoms with Gasteiger partial charge >= 0.3 is 0 Å². The van der Waals surface area contributed by atoms with Crippen LogP contribution in [0.15, 0.2) is 35.2 Å². The van der Waals surface area contributed by atoms with Crippen molar-refractivity contribution in [1.29, 1.82) is 0 Å². The number of nitrogens with zero attached hydrogens (tertiary/aromatic N) is 2. The van der Waals surface area contributed by atoms with Gasteiger partial charge in [0.05, 0.1) is 23.7 Å². The van der Waals surface area contributed by atoms with Gasteiger partial charge in [-0.25, -0.2) is 9.97 Å². The van der Waals surface area contributed by atoms with Gasteiger partial charge in [0.15, 0.2) is 0 Å². The molecule has 9 heteroatoms. The normalized spacial score (nSPS) is 17.3. The summed E-state index contributed by atoms with van der Waals surface area (Å²) in [5, 5.41) is 6.60. The largest absolute Gasteiger partial charge is 0.455 e. The third-order valence-corrected chi connectivity index (χ3v) is 6.73. The molecule has 1 atom stereocenters. The maximum Gasteiger partial charge on any atom is 0.271 e. The summed E-state index contributed by atoms with van der Waals surface area (Å²) in [4.78, 5) is 22.1. The van der Waals surface area contributed by atoms with Gasteiger partial charge in [0.2, 0.25) is 5.91 Å². The lowest BCUT2D eigenvalue weighted by atomic mass is 10.0. The number of amides is 1. The van der Waals surface area contributed by atoms with Gasteiger partial charge in [-0.1, -0.05) is 28.1 Å². The van der Waals surface area contributed by atoms with Gasteiger partial charge in [-0.3, -0.25) is 4.79 Å². The number of ether oxygens (including phenoxy) is 3. The van der Waals surface area contributed by atoms with Gasteiger partial charge in [-0.15, -0.1) is 0 Å². The van der Waals surface area contributed by atoms with Crippen LogP contribution < -0.4 is 10.6 Å². The third-order valence-electron chi connectivity index (χ3n) is 5.88. The van der Waals surface area contributed by atoms with Crippen molar-refractivity contribution in [2.24, 2.45) is 0 Å². The van der Waals surface area contributed by atoms with Crippen LogP contribution in [0.25, 0.3) is 0 Å². The second kappa shape index (κ2) is 10.5. The number of hydrogen-bond donors (Lipinski definition) is 2. The molecule has 0 saturated carbocycles. The fourth-order valence-electron chi connectivity index (χ4n) is 4.16. The van der Waals surface area contributed by atoms with Crippen molar-refractivity contribution in [2.75, 3.05) is 18.5 Å². The molecule has 1 saturated heterocycles. The monoisotopic (exact) mass is 516 g/mol. The van der Waals surface area contributed by atoms with E-state index in [1.54, 1.807) is 0 Å². The van der Waals surface area contributed by atoms with Crippen LogP contribution >= 0.6 is 15.9 Å². The zero-order valence-electron chi connectivity index (χ0n) is 19.1. The average molecular weight is 517 g/mol. The SMILES string of the molecule is Cc1nc(CC(=O)NC2CCOCC2)c(C2OC=CO2)c(N[C@H](C)c2cccc(Br)c2C)n1. The molecule has 0 aliphatic carbocycles. The number of nitrogens with one attached hydrogen (secondary N) is 2. The van der Waals surface area contributed by atoms with E-state index in [2.05, 4.69) is 56.4 Å². The van der Waals surface area contributed by atoms with Crippen LogP contribution in [0.2, 0.25) is 0 Å². The van der Waals surface area contributed by atoms with Crippen LogP contribution in [-0.2, 0) is 25.4 Å². The summed E-state index contributed by atoms with van der Waals surface area (Å²) >= 11 is 3.61. The van der Waals surface area contributed by atoms with Crippen LogP contribution in [0, 0.1) is 13.8 Å². The quantitative estimate of drug-likeness (QED) is 0.563. The van der Waals surface area contributed by atoms with Crippen LogP contribution in [0.5, 0.6) is 0 Å².